The molecule has 1 heterocycles. The molecule has 1 fully saturated rings. The number of amides is 2. The highest BCUT2D eigenvalue weighted by molar-refractivity contribution is 5.84. The molecule has 1 saturated heterocycles. The van der Waals surface area contributed by atoms with Gasteiger partial charge in [-0.15, -0.1) is 0 Å². The van der Waals surface area contributed by atoms with Crippen LogP contribution in [0.1, 0.15) is 38.2 Å². The predicted molar refractivity (Wildman–Crippen MR) is 95.8 cm³/mol. The zero-order chi connectivity index (χ0) is 17.4. The summed E-state index contributed by atoms with van der Waals surface area (Å²) in [6, 6.07) is 10.0. The number of carbonyl (C=O) groups is 2. The minimum Gasteiger partial charge on any atom is -0.355 e. The number of piperazine rings is 1. The van der Waals surface area contributed by atoms with Gasteiger partial charge in [0.15, 0.2) is 0 Å². The van der Waals surface area contributed by atoms with Gasteiger partial charge in [0, 0.05) is 32.7 Å². The molecule has 24 heavy (non-hydrogen) atoms. The highest BCUT2D eigenvalue weighted by Crippen LogP contribution is 2.22. The lowest BCUT2D eigenvalue weighted by Crippen LogP contribution is -2.52. The monoisotopic (exact) mass is 331 g/mol. The Hall–Kier alpha value is -1.88. The van der Waals surface area contributed by atoms with Gasteiger partial charge < -0.3 is 10.2 Å². The first-order valence-electron chi connectivity index (χ1n) is 8.98. The van der Waals surface area contributed by atoms with Crippen LogP contribution in [-0.4, -0.2) is 60.9 Å². The van der Waals surface area contributed by atoms with E-state index in [9.17, 15) is 9.59 Å². The van der Waals surface area contributed by atoms with Crippen molar-refractivity contribution < 1.29 is 9.59 Å². The Kier molecular flexibility index (Phi) is 7.25. The number of carbonyl (C=O) groups excluding carboxylic acids is 2. The van der Waals surface area contributed by atoms with Crippen molar-refractivity contribution in [2.24, 2.45) is 0 Å². The molecule has 5 heteroatoms. The van der Waals surface area contributed by atoms with E-state index in [-0.39, 0.29) is 17.7 Å². The van der Waals surface area contributed by atoms with E-state index in [2.05, 4.69) is 17.1 Å². The Balaban J connectivity index is 1.85. The smallest absolute Gasteiger partial charge is 0.234 e. The van der Waals surface area contributed by atoms with Crippen LogP contribution in [0, 0.1) is 0 Å². The molecule has 1 aliphatic rings. The SMILES string of the molecule is CCCNC(=O)CN1CCN(C(=O)C(CC)c2ccccc2)CC1. The second-order valence-corrected chi connectivity index (χ2v) is 6.32. The van der Waals surface area contributed by atoms with E-state index in [1.807, 2.05) is 42.2 Å². The molecule has 1 N–H and O–H groups in total. The molecule has 1 aromatic rings. The van der Waals surface area contributed by atoms with Crippen LogP contribution in [0.5, 0.6) is 0 Å². The van der Waals surface area contributed by atoms with Crippen molar-refractivity contribution >= 4 is 11.8 Å². The second-order valence-electron chi connectivity index (χ2n) is 6.32. The molecule has 0 radical (unpaired) electrons. The van der Waals surface area contributed by atoms with Gasteiger partial charge >= 0.3 is 0 Å². The summed E-state index contributed by atoms with van der Waals surface area (Å²) in [5.74, 6) is 0.219. The molecular formula is C19H29N3O2. The Labute approximate surface area is 145 Å². The topological polar surface area (TPSA) is 52.7 Å². The molecule has 132 valence electrons. The number of hydrogen-bond acceptors (Lipinski definition) is 3. The van der Waals surface area contributed by atoms with Gasteiger partial charge in [-0.1, -0.05) is 44.2 Å². The van der Waals surface area contributed by atoms with Gasteiger partial charge in [0.1, 0.15) is 0 Å². The number of benzene rings is 1. The van der Waals surface area contributed by atoms with Crippen LogP contribution in [0.2, 0.25) is 0 Å². The fourth-order valence-electron chi connectivity index (χ4n) is 3.11. The second kappa shape index (κ2) is 9.42. The van der Waals surface area contributed by atoms with Gasteiger partial charge in [-0.2, -0.15) is 0 Å². The fraction of sp³-hybridized carbons (Fsp3) is 0.579. The van der Waals surface area contributed by atoms with Crippen molar-refractivity contribution in [3.8, 4) is 0 Å². The Bertz CT molecular complexity index is 525. The van der Waals surface area contributed by atoms with Crippen LogP contribution >= 0.6 is 0 Å². The Morgan fingerprint density at radius 3 is 2.33 bits per heavy atom. The van der Waals surface area contributed by atoms with E-state index in [0.29, 0.717) is 19.6 Å². The molecule has 0 saturated carbocycles. The molecular weight excluding hydrogens is 302 g/mol. The summed E-state index contributed by atoms with van der Waals surface area (Å²) in [5, 5.41) is 2.90. The minimum absolute atomic E-state index is 0.0643. The van der Waals surface area contributed by atoms with Crippen LogP contribution in [-0.2, 0) is 9.59 Å². The number of nitrogens with one attached hydrogen (secondary N) is 1. The molecule has 1 atom stereocenters. The van der Waals surface area contributed by atoms with Gasteiger partial charge in [-0.3, -0.25) is 14.5 Å². The van der Waals surface area contributed by atoms with Crippen molar-refractivity contribution in [3.05, 3.63) is 35.9 Å². The summed E-state index contributed by atoms with van der Waals surface area (Å²) < 4.78 is 0. The average molecular weight is 331 g/mol. The van der Waals surface area contributed by atoms with E-state index in [0.717, 1.165) is 38.0 Å². The maximum atomic E-state index is 12.8. The molecule has 0 bridgehead atoms. The highest BCUT2D eigenvalue weighted by atomic mass is 16.2. The summed E-state index contributed by atoms with van der Waals surface area (Å²) in [4.78, 5) is 28.7. The van der Waals surface area contributed by atoms with Crippen molar-refractivity contribution in [3.63, 3.8) is 0 Å². The summed E-state index contributed by atoms with van der Waals surface area (Å²) in [5.41, 5.74) is 1.09. The standard InChI is InChI=1S/C19H29N3O2/c1-3-10-20-18(23)15-21-11-13-22(14-12-21)19(24)17(4-2)16-8-6-5-7-9-16/h5-9,17H,3-4,10-15H2,1-2H3,(H,20,23). The summed E-state index contributed by atoms with van der Waals surface area (Å²) in [6.45, 7) is 8.18. The summed E-state index contributed by atoms with van der Waals surface area (Å²) >= 11 is 0. The Morgan fingerprint density at radius 2 is 1.75 bits per heavy atom. The molecule has 2 rings (SSSR count). The van der Waals surface area contributed by atoms with Gasteiger partial charge in [0.25, 0.3) is 0 Å². The third-order valence-electron chi connectivity index (χ3n) is 4.53. The number of hydrogen-bond donors (Lipinski definition) is 1. The average Bonchev–Trinajstić information content (AvgIpc) is 2.62. The maximum absolute atomic E-state index is 12.8. The maximum Gasteiger partial charge on any atom is 0.234 e. The molecule has 2 amide bonds. The van der Waals surface area contributed by atoms with E-state index in [1.54, 1.807) is 0 Å². The number of nitrogens with zero attached hydrogens (tertiary/aromatic N) is 2. The van der Waals surface area contributed by atoms with Crippen molar-refractivity contribution in [1.29, 1.82) is 0 Å². The van der Waals surface area contributed by atoms with E-state index in [1.165, 1.54) is 0 Å². The van der Waals surface area contributed by atoms with Crippen LogP contribution in [0.15, 0.2) is 30.3 Å². The van der Waals surface area contributed by atoms with Gasteiger partial charge in [0.2, 0.25) is 11.8 Å². The predicted octanol–water partition coefficient (Wildman–Crippen LogP) is 1.85. The van der Waals surface area contributed by atoms with Crippen LogP contribution < -0.4 is 5.32 Å². The molecule has 0 aliphatic carbocycles. The molecule has 1 aromatic carbocycles. The lowest BCUT2D eigenvalue weighted by molar-refractivity contribution is -0.135. The van der Waals surface area contributed by atoms with E-state index < -0.39 is 0 Å². The first-order chi connectivity index (χ1) is 11.7. The van der Waals surface area contributed by atoms with Crippen molar-refractivity contribution in [1.82, 2.24) is 15.1 Å². The molecule has 1 aliphatic heterocycles. The molecule has 0 aromatic heterocycles. The molecule has 1 unspecified atom stereocenters. The minimum atomic E-state index is -0.0643. The zero-order valence-corrected chi connectivity index (χ0v) is 14.8. The summed E-state index contributed by atoms with van der Waals surface area (Å²) in [6.07, 6.45) is 1.76. The van der Waals surface area contributed by atoms with E-state index >= 15 is 0 Å². The van der Waals surface area contributed by atoms with Gasteiger partial charge in [0.05, 0.1) is 12.5 Å². The normalized spacial score (nSPS) is 16.7. The highest BCUT2D eigenvalue weighted by Gasteiger charge is 2.27. The van der Waals surface area contributed by atoms with Crippen LogP contribution in [0.25, 0.3) is 0 Å². The van der Waals surface area contributed by atoms with Gasteiger partial charge in [-0.05, 0) is 18.4 Å². The van der Waals surface area contributed by atoms with Crippen LogP contribution in [0.4, 0.5) is 0 Å². The van der Waals surface area contributed by atoms with Crippen molar-refractivity contribution in [2.45, 2.75) is 32.6 Å². The van der Waals surface area contributed by atoms with Crippen LogP contribution in [0.3, 0.4) is 0 Å². The zero-order valence-electron chi connectivity index (χ0n) is 14.8. The lowest BCUT2D eigenvalue weighted by Gasteiger charge is -2.36. The van der Waals surface area contributed by atoms with Crippen molar-refractivity contribution in [2.75, 3.05) is 39.3 Å². The molecule has 0 spiro atoms. The fourth-order valence-corrected chi connectivity index (χ4v) is 3.11. The summed E-state index contributed by atoms with van der Waals surface area (Å²) in [7, 11) is 0. The Morgan fingerprint density at radius 1 is 1.08 bits per heavy atom. The quantitative estimate of drug-likeness (QED) is 0.830. The number of rotatable bonds is 7. The first-order valence-corrected chi connectivity index (χ1v) is 8.98. The van der Waals surface area contributed by atoms with E-state index in [4.69, 9.17) is 0 Å². The third-order valence-corrected chi connectivity index (χ3v) is 4.53. The molecule has 5 nitrogen and oxygen atoms in total. The first kappa shape index (κ1) is 18.5. The third kappa shape index (κ3) is 5.06. The largest absolute Gasteiger partial charge is 0.355 e. The van der Waals surface area contributed by atoms with Gasteiger partial charge in [-0.25, -0.2) is 0 Å². The lowest BCUT2D eigenvalue weighted by atomic mass is 9.95.